The number of hydrogen-bond donors (Lipinski definition) is 2. The summed E-state index contributed by atoms with van der Waals surface area (Å²) >= 11 is 0. The fourth-order valence-corrected chi connectivity index (χ4v) is 1.90. The van der Waals surface area contributed by atoms with Crippen LogP contribution in [0.2, 0.25) is 0 Å². The van der Waals surface area contributed by atoms with Crippen LogP contribution in [0.4, 0.5) is 19.3 Å². The number of ether oxygens (including phenoxy) is 1. The Hall–Kier alpha value is -2.64. The van der Waals surface area contributed by atoms with Gasteiger partial charge in [0.1, 0.15) is 5.76 Å². The largest absolute Gasteiger partial charge is 0.491 e. The van der Waals surface area contributed by atoms with Crippen LogP contribution in [-0.2, 0) is 12.0 Å². The third-order valence-corrected chi connectivity index (χ3v) is 3.15. The second-order valence-corrected chi connectivity index (χ2v) is 6.15. The molecule has 2 amide bonds. The Morgan fingerprint density at radius 2 is 1.92 bits per heavy atom. The summed E-state index contributed by atoms with van der Waals surface area (Å²) in [5.74, 6) is -1.29. The van der Waals surface area contributed by atoms with Gasteiger partial charge in [0.05, 0.1) is 19.9 Å². The van der Waals surface area contributed by atoms with E-state index in [-0.39, 0.29) is 17.6 Å². The van der Waals surface area contributed by atoms with Gasteiger partial charge in [-0.2, -0.15) is 0 Å². The van der Waals surface area contributed by atoms with Crippen LogP contribution in [0.15, 0.2) is 22.7 Å². The van der Waals surface area contributed by atoms with Gasteiger partial charge in [0.2, 0.25) is 5.89 Å². The number of anilines is 1. The summed E-state index contributed by atoms with van der Waals surface area (Å²) in [5, 5.41) is 4.82. The zero-order chi connectivity index (χ0) is 17.9. The summed E-state index contributed by atoms with van der Waals surface area (Å²) in [6.07, 6.45) is 1.60. The zero-order valence-corrected chi connectivity index (χ0v) is 13.9. The van der Waals surface area contributed by atoms with Gasteiger partial charge in [0.25, 0.3) is 0 Å². The molecule has 0 spiro atoms. The van der Waals surface area contributed by atoms with Gasteiger partial charge in [-0.05, 0) is 0 Å². The number of hydrogen-bond acceptors (Lipinski definition) is 4. The first kappa shape index (κ1) is 17.7. The van der Waals surface area contributed by atoms with Crippen molar-refractivity contribution < 1.29 is 22.7 Å². The molecule has 0 fully saturated rings. The molecule has 2 rings (SSSR count). The van der Waals surface area contributed by atoms with E-state index < -0.39 is 23.4 Å². The second-order valence-electron chi connectivity index (χ2n) is 6.15. The molecule has 1 heterocycles. The molecular formula is C16H19F2N3O3. The minimum absolute atomic E-state index is 0.0360. The first-order valence-corrected chi connectivity index (χ1v) is 7.23. The van der Waals surface area contributed by atoms with Gasteiger partial charge in [-0.1, -0.05) is 20.8 Å². The SMILES string of the molecule is COc1c(F)cc(NC(=O)NCc2ncc(C(C)(C)C)o2)cc1F. The molecule has 0 bridgehead atoms. The Balaban J connectivity index is 1.95. The molecule has 0 aliphatic rings. The van der Waals surface area contributed by atoms with Gasteiger partial charge in [-0.25, -0.2) is 18.6 Å². The molecule has 1 aromatic carbocycles. The van der Waals surface area contributed by atoms with Gasteiger partial charge < -0.3 is 19.8 Å². The molecule has 6 nitrogen and oxygen atoms in total. The van der Waals surface area contributed by atoms with E-state index in [2.05, 4.69) is 20.4 Å². The number of carbonyl (C=O) groups excluding carboxylic acids is 1. The van der Waals surface area contributed by atoms with Crippen molar-refractivity contribution in [3.63, 3.8) is 0 Å². The monoisotopic (exact) mass is 339 g/mol. The van der Waals surface area contributed by atoms with Gasteiger partial charge in [0.15, 0.2) is 17.4 Å². The minimum Gasteiger partial charge on any atom is -0.491 e. The zero-order valence-electron chi connectivity index (χ0n) is 13.9. The normalized spacial score (nSPS) is 11.2. The first-order valence-electron chi connectivity index (χ1n) is 7.23. The van der Waals surface area contributed by atoms with Crippen molar-refractivity contribution >= 4 is 11.7 Å². The van der Waals surface area contributed by atoms with E-state index in [1.165, 1.54) is 0 Å². The summed E-state index contributed by atoms with van der Waals surface area (Å²) < 4.78 is 37.2. The molecule has 0 aliphatic heterocycles. The summed E-state index contributed by atoms with van der Waals surface area (Å²) in [6, 6.07) is 1.28. The number of amides is 2. The van der Waals surface area contributed by atoms with E-state index in [0.717, 1.165) is 19.2 Å². The number of aromatic nitrogens is 1. The van der Waals surface area contributed by atoms with E-state index in [1.54, 1.807) is 6.20 Å². The molecule has 0 atom stereocenters. The minimum atomic E-state index is -0.907. The highest BCUT2D eigenvalue weighted by Gasteiger charge is 2.19. The lowest BCUT2D eigenvalue weighted by Crippen LogP contribution is -2.28. The van der Waals surface area contributed by atoms with Crippen molar-refractivity contribution in [2.75, 3.05) is 12.4 Å². The standard InChI is InChI=1S/C16H19F2N3O3/c1-16(2,3)12-7-19-13(24-12)8-20-15(22)21-9-5-10(17)14(23-4)11(18)6-9/h5-7H,8H2,1-4H3,(H2,20,21,22). The molecular weight excluding hydrogens is 320 g/mol. The molecule has 0 aliphatic carbocycles. The van der Waals surface area contributed by atoms with E-state index in [0.29, 0.717) is 11.7 Å². The number of urea groups is 1. The van der Waals surface area contributed by atoms with Crippen LogP contribution in [-0.4, -0.2) is 18.1 Å². The van der Waals surface area contributed by atoms with Crippen molar-refractivity contribution in [1.82, 2.24) is 10.3 Å². The van der Waals surface area contributed by atoms with Crippen LogP contribution in [0.3, 0.4) is 0 Å². The van der Waals surface area contributed by atoms with Crippen LogP contribution in [0.5, 0.6) is 5.75 Å². The predicted octanol–water partition coefficient (Wildman–Crippen LogP) is 3.58. The average molecular weight is 339 g/mol. The number of benzene rings is 1. The van der Waals surface area contributed by atoms with Crippen LogP contribution in [0, 0.1) is 11.6 Å². The van der Waals surface area contributed by atoms with Crippen molar-refractivity contribution in [3.05, 3.63) is 41.6 Å². The molecule has 0 saturated heterocycles. The summed E-state index contributed by atoms with van der Waals surface area (Å²) in [7, 11) is 1.16. The molecule has 0 radical (unpaired) electrons. The third kappa shape index (κ3) is 4.21. The maximum absolute atomic E-state index is 13.6. The van der Waals surface area contributed by atoms with Gasteiger partial charge >= 0.3 is 6.03 Å². The lowest BCUT2D eigenvalue weighted by Gasteiger charge is -2.13. The molecule has 0 saturated carbocycles. The fraction of sp³-hybridized carbons (Fsp3) is 0.375. The van der Waals surface area contributed by atoms with Gasteiger partial charge in [0, 0.05) is 23.2 Å². The molecule has 2 N–H and O–H groups in total. The fourth-order valence-electron chi connectivity index (χ4n) is 1.90. The summed E-state index contributed by atoms with van der Waals surface area (Å²) in [6.45, 7) is 5.97. The summed E-state index contributed by atoms with van der Waals surface area (Å²) in [4.78, 5) is 15.9. The Morgan fingerprint density at radius 3 is 2.42 bits per heavy atom. The highest BCUT2D eigenvalue weighted by molar-refractivity contribution is 5.89. The Bertz CT molecular complexity index is 715. The van der Waals surface area contributed by atoms with Crippen LogP contribution >= 0.6 is 0 Å². The van der Waals surface area contributed by atoms with Crippen molar-refractivity contribution in [2.45, 2.75) is 32.7 Å². The number of nitrogens with zero attached hydrogens (tertiary/aromatic N) is 1. The lowest BCUT2D eigenvalue weighted by atomic mass is 9.94. The molecule has 130 valence electrons. The average Bonchev–Trinajstić information content (AvgIpc) is 2.94. The molecule has 24 heavy (non-hydrogen) atoms. The molecule has 8 heteroatoms. The number of nitrogens with one attached hydrogen (secondary N) is 2. The molecule has 1 aromatic heterocycles. The number of halogens is 2. The number of oxazole rings is 1. The molecule has 0 unspecified atom stereocenters. The van der Waals surface area contributed by atoms with Gasteiger partial charge in [-0.15, -0.1) is 0 Å². The summed E-state index contributed by atoms with van der Waals surface area (Å²) in [5.41, 5.74) is -0.225. The Kier molecular flexibility index (Phi) is 5.06. The van der Waals surface area contributed by atoms with Crippen molar-refractivity contribution in [3.8, 4) is 5.75 Å². The highest BCUT2D eigenvalue weighted by Crippen LogP contribution is 2.25. The second kappa shape index (κ2) is 6.86. The maximum Gasteiger partial charge on any atom is 0.319 e. The first-order chi connectivity index (χ1) is 11.2. The predicted molar refractivity (Wildman–Crippen MR) is 84.0 cm³/mol. The topological polar surface area (TPSA) is 76.4 Å². The lowest BCUT2D eigenvalue weighted by molar-refractivity contribution is 0.250. The highest BCUT2D eigenvalue weighted by atomic mass is 19.1. The Morgan fingerprint density at radius 1 is 1.29 bits per heavy atom. The van der Waals surface area contributed by atoms with E-state index in [1.807, 2.05) is 20.8 Å². The smallest absolute Gasteiger partial charge is 0.319 e. The molecule has 2 aromatic rings. The van der Waals surface area contributed by atoms with Crippen LogP contribution in [0.25, 0.3) is 0 Å². The van der Waals surface area contributed by atoms with E-state index in [9.17, 15) is 13.6 Å². The van der Waals surface area contributed by atoms with Gasteiger partial charge in [-0.3, -0.25) is 0 Å². The number of carbonyl (C=O) groups is 1. The number of rotatable bonds is 4. The van der Waals surface area contributed by atoms with Crippen LogP contribution in [0.1, 0.15) is 32.4 Å². The van der Waals surface area contributed by atoms with Crippen molar-refractivity contribution in [1.29, 1.82) is 0 Å². The van der Waals surface area contributed by atoms with Crippen LogP contribution < -0.4 is 15.4 Å². The van der Waals surface area contributed by atoms with E-state index in [4.69, 9.17) is 4.42 Å². The van der Waals surface area contributed by atoms with Crippen molar-refractivity contribution in [2.24, 2.45) is 0 Å². The maximum atomic E-state index is 13.6. The van der Waals surface area contributed by atoms with E-state index >= 15 is 0 Å². The number of methoxy groups -OCH3 is 1. The quantitative estimate of drug-likeness (QED) is 0.893. The Labute approximate surface area is 138 Å². The third-order valence-electron chi connectivity index (χ3n) is 3.15.